The molecule has 0 spiro atoms. The maximum absolute atomic E-state index is 5.92. The summed E-state index contributed by atoms with van der Waals surface area (Å²) in [6.07, 6.45) is 23.9. The first-order chi connectivity index (χ1) is 25.0. The van der Waals surface area contributed by atoms with Gasteiger partial charge in [-0.25, -0.2) is 0 Å². The van der Waals surface area contributed by atoms with Crippen LogP contribution in [-0.4, -0.2) is 0 Å². The van der Waals surface area contributed by atoms with Crippen molar-refractivity contribution >= 4 is 11.4 Å². The van der Waals surface area contributed by atoms with Gasteiger partial charge in [-0.05, 0) is 196 Å². The highest BCUT2D eigenvalue weighted by Gasteiger charge is 2.16. The van der Waals surface area contributed by atoms with Crippen LogP contribution in [0.3, 0.4) is 0 Å². The lowest BCUT2D eigenvalue weighted by molar-refractivity contribution is 0.533. The molecule has 0 aliphatic carbocycles. The first kappa shape index (κ1) is 41.2. The molecule has 0 unspecified atom stereocenters. The van der Waals surface area contributed by atoms with Gasteiger partial charge >= 0.3 is 0 Å². The Balaban J connectivity index is 1.03. The second-order valence-electron chi connectivity index (χ2n) is 16.2. The third kappa shape index (κ3) is 11.5. The minimum absolute atomic E-state index is 0.837. The maximum Gasteiger partial charge on any atom is 0.0314 e. The Hall–Kier alpha value is -3.52. The lowest BCUT2D eigenvalue weighted by Gasteiger charge is -2.21. The van der Waals surface area contributed by atoms with E-state index in [4.69, 9.17) is 11.5 Å². The summed E-state index contributed by atoms with van der Waals surface area (Å²) < 4.78 is 0. The van der Waals surface area contributed by atoms with E-state index < -0.39 is 0 Å². The van der Waals surface area contributed by atoms with E-state index in [0.29, 0.717) is 0 Å². The van der Waals surface area contributed by atoms with Crippen molar-refractivity contribution in [3.05, 3.63) is 126 Å². The number of nitrogens with two attached hydrogens (primary N) is 2. The van der Waals surface area contributed by atoms with E-state index in [0.717, 1.165) is 24.2 Å². The Morgan fingerprint density at radius 2 is 0.500 bits per heavy atom. The number of benzene rings is 4. The van der Waals surface area contributed by atoms with Crippen LogP contribution in [0.4, 0.5) is 11.4 Å². The van der Waals surface area contributed by atoms with Gasteiger partial charge in [0, 0.05) is 11.4 Å². The van der Waals surface area contributed by atoms with Gasteiger partial charge in [0.15, 0.2) is 0 Å². The highest BCUT2D eigenvalue weighted by atomic mass is 14.5. The van der Waals surface area contributed by atoms with E-state index in [1.54, 1.807) is 11.1 Å². The molecule has 4 rings (SSSR count). The van der Waals surface area contributed by atoms with Crippen molar-refractivity contribution in [2.75, 3.05) is 11.5 Å². The lowest BCUT2D eigenvalue weighted by Crippen LogP contribution is -2.06. The van der Waals surface area contributed by atoms with Crippen LogP contribution >= 0.6 is 0 Å². The molecule has 0 fully saturated rings. The molecule has 2 nitrogen and oxygen atoms in total. The second-order valence-corrected chi connectivity index (χ2v) is 16.2. The van der Waals surface area contributed by atoms with Gasteiger partial charge in [0.1, 0.15) is 0 Å². The molecule has 4 aromatic carbocycles. The van der Waals surface area contributed by atoms with Gasteiger partial charge in [-0.3, -0.25) is 0 Å². The molecular formula is C50H72N2. The zero-order valence-electron chi connectivity index (χ0n) is 34.5. The van der Waals surface area contributed by atoms with E-state index in [1.165, 1.54) is 169 Å². The number of nitrogen functional groups attached to an aromatic ring is 2. The third-order valence-electron chi connectivity index (χ3n) is 12.7. The molecule has 0 saturated heterocycles. The van der Waals surface area contributed by atoms with Crippen LogP contribution in [0, 0.1) is 55.4 Å². The first-order valence-corrected chi connectivity index (χ1v) is 20.8. The fraction of sp³-hybridized carbons (Fsp3) is 0.520. The summed E-state index contributed by atoms with van der Waals surface area (Å²) >= 11 is 0. The van der Waals surface area contributed by atoms with Crippen LogP contribution in [0.2, 0.25) is 0 Å². The average Bonchev–Trinajstić information content (AvgIpc) is 3.14. The fourth-order valence-corrected chi connectivity index (χ4v) is 8.62. The number of hydrogen-bond donors (Lipinski definition) is 2. The Bertz CT molecular complexity index is 1520. The SMILES string of the molecule is Cc1c(C)c(Cc2ccc(N)cc2)c(C)c(C)c1CCCCCCCCCCCCCCCCc1c(C)c(C)c(Cc2ccc(N)cc2)c(C)c1C. The summed E-state index contributed by atoms with van der Waals surface area (Å²) in [5.74, 6) is 0. The topological polar surface area (TPSA) is 52.0 Å². The zero-order valence-corrected chi connectivity index (χ0v) is 34.5. The number of anilines is 2. The summed E-state index contributed by atoms with van der Waals surface area (Å²) in [4.78, 5) is 0. The normalized spacial score (nSPS) is 11.5. The van der Waals surface area contributed by atoms with E-state index in [1.807, 2.05) is 24.3 Å². The van der Waals surface area contributed by atoms with Gasteiger partial charge < -0.3 is 11.5 Å². The Labute approximate surface area is 319 Å². The van der Waals surface area contributed by atoms with Crippen LogP contribution in [-0.2, 0) is 25.7 Å². The van der Waals surface area contributed by atoms with Gasteiger partial charge in [0.25, 0.3) is 0 Å². The zero-order chi connectivity index (χ0) is 37.6. The largest absolute Gasteiger partial charge is 0.399 e. The van der Waals surface area contributed by atoms with Crippen molar-refractivity contribution in [3.63, 3.8) is 0 Å². The molecule has 0 radical (unpaired) electrons. The molecule has 0 aliphatic rings. The van der Waals surface area contributed by atoms with E-state index in [-0.39, 0.29) is 0 Å². The van der Waals surface area contributed by atoms with Crippen LogP contribution in [0.25, 0.3) is 0 Å². The predicted molar refractivity (Wildman–Crippen MR) is 230 cm³/mol. The van der Waals surface area contributed by atoms with Gasteiger partial charge in [0.2, 0.25) is 0 Å². The highest BCUT2D eigenvalue weighted by molar-refractivity contribution is 5.53. The molecule has 52 heavy (non-hydrogen) atoms. The summed E-state index contributed by atoms with van der Waals surface area (Å²) in [5, 5.41) is 0. The molecule has 0 aliphatic heterocycles. The summed E-state index contributed by atoms with van der Waals surface area (Å²) in [6.45, 7) is 18.7. The molecule has 0 aromatic heterocycles. The molecule has 0 atom stereocenters. The smallest absolute Gasteiger partial charge is 0.0314 e. The fourth-order valence-electron chi connectivity index (χ4n) is 8.62. The minimum atomic E-state index is 0.837. The van der Waals surface area contributed by atoms with Crippen LogP contribution in [0.15, 0.2) is 48.5 Å². The van der Waals surface area contributed by atoms with Gasteiger partial charge in [-0.15, -0.1) is 0 Å². The molecule has 2 heteroatoms. The van der Waals surface area contributed by atoms with Crippen molar-refractivity contribution in [1.29, 1.82) is 0 Å². The standard InChI is InChI=1S/C50H72N2/c1-35-39(5)49(33-43-25-29-45(51)30-26-43)40(6)36(2)47(35)23-21-19-17-15-13-11-9-10-12-14-16-18-20-22-24-48-37(3)41(7)50(42(8)38(48)4)34-44-27-31-46(52)32-28-44/h25-32H,9-24,33-34,51-52H2,1-8H3. The van der Waals surface area contributed by atoms with Crippen LogP contribution in [0.1, 0.15) is 168 Å². The maximum atomic E-state index is 5.92. The summed E-state index contributed by atoms with van der Waals surface area (Å²) in [6, 6.07) is 16.8. The Morgan fingerprint density at radius 3 is 0.750 bits per heavy atom. The highest BCUT2D eigenvalue weighted by Crippen LogP contribution is 2.32. The average molecular weight is 701 g/mol. The van der Waals surface area contributed by atoms with Crippen molar-refractivity contribution in [2.45, 2.75) is 171 Å². The first-order valence-electron chi connectivity index (χ1n) is 20.8. The van der Waals surface area contributed by atoms with Crippen LogP contribution in [0.5, 0.6) is 0 Å². The van der Waals surface area contributed by atoms with Gasteiger partial charge in [0.05, 0.1) is 0 Å². The van der Waals surface area contributed by atoms with E-state index >= 15 is 0 Å². The van der Waals surface area contributed by atoms with E-state index in [9.17, 15) is 0 Å². The number of rotatable bonds is 21. The van der Waals surface area contributed by atoms with Crippen molar-refractivity contribution in [2.24, 2.45) is 0 Å². The minimum Gasteiger partial charge on any atom is -0.399 e. The van der Waals surface area contributed by atoms with Gasteiger partial charge in [-0.1, -0.05) is 101 Å². The van der Waals surface area contributed by atoms with Crippen molar-refractivity contribution in [3.8, 4) is 0 Å². The van der Waals surface area contributed by atoms with E-state index in [2.05, 4.69) is 79.7 Å². The lowest BCUT2D eigenvalue weighted by atomic mass is 9.84. The molecule has 282 valence electrons. The third-order valence-corrected chi connectivity index (χ3v) is 12.7. The Kier molecular flexibility index (Phi) is 16.4. The van der Waals surface area contributed by atoms with Crippen molar-refractivity contribution < 1.29 is 0 Å². The predicted octanol–water partition coefficient (Wildman–Crippen LogP) is 13.7. The quantitative estimate of drug-likeness (QED) is 0.0671. The van der Waals surface area contributed by atoms with Crippen molar-refractivity contribution in [1.82, 2.24) is 0 Å². The molecular weight excluding hydrogens is 629 g/mol. The monoisotopic (exact) mass is 701 g/mol. The molecule has 0 bridgehead atoms. The van der Waals surface area contributed by atoms with Gasteiger partial charge in [-0.2, -0.15) is 0 Å². The second kappa shape index (κ2) is 20.6. The molecule has 4 aromatic rings. The Morgan fingerprint density at radius 1 is 0.288 bits per heavy atom. The molecule has 0 saturated carbocycles. The van der Waals surface area contributed by atoms with Crippen LogP contribution < -0.4 is 11.5 Å². The number of hydrogen-bond acceptors (Lipinski definition) is 2. The summed E-state index contributed by atoms with van der Waals surface area (Å²) in [7, 11) is 0. The molecule has 0 amide bonds. The summed E-state index contributed by atoms with van der Waals surface area (Å²) in [5.41, 5.74) is 34.4. The molecule has 0 heterocycles. The number of unbranched alkanes of at least 4 members (excludes halogenated alkanes) is 13. The molecule has 4 N–H and O–H groups in total.